The minimum atomic E-state index is -1.11. The number of anilines is 1. The van der Waals surface area contributed by atoms with Gasteiger partial charge in [-0.3, -0.25) is 14.4 Å². The zero-order valence-electron chi connectivity index (χ0n) is 16.8. The molecular formula is C22H26N2O5. The van der Waals surface area contributed by atoms with Crippen LogP contribution in [0.2, 0.25) is 0 Å². The lowest BCUT2D eigenvalue weighted by Gasteiger charge is -2.10. The second-order valence-corrected chi connectivity index (χ2v) is 6.86. The SMILES string of the molecule is Cc1ccc(OCCCC(=O)Nc2ccc(C(=O)NC(C)C(=O)O)cc2)cc1C. The van der Waals surface area contributed by atoms with Gasteiger partial charge >= 0.3 is 5.97 Å². The monoisotopic (exact) mass is 398 g/mol. The molecule has 0 heterocycles. The van der Waals surface area contributed by atoms with Gasteiger partial charge in [0, 0.05) is 17.7 Å². The third-order valence-corrected chi connectivity index (χ3v) is 4.44. The number of carbonyl (C=O) groups excluding carboxylic acids is 2. The standard InChI is InChI=1S/C22H26N2O5/c1-14-6-11-19(13-15(14)2)29-12-4-5-20(25)24-18-9-7-17(8-10-18)21(26)23-16(3)22(27)28/h6-11,13,16H,4-5,12H2,1-3H3,(H,23,26)(H,24,25)(H,27,28). The van der Waals surface area contributed by atoms with Gasteiger partial charge in [0.05, 0.1) is 6.61 Å². The molecule has 0 radical (unpaired) electrons. The fourth-order valence-electron chi connectivity index (χ4n) is 2.50. The highest BCUT2D eigenvalue weighted by Crippen LogP contribution is 2.17. The van der Waals surface area contributed by atoms with Crippen LogP contribution in [0.3, 0.4) is 0 Å². The number of aryl methyl sites for hydroxylation is 2. The molecule has 2 amide bonds. The van der Waals surface area contributed by atoms with Crippen molar-refractivity contribution in [2.24, 2.45) is 0 Å². The van der Waals surface area contributed by atoms with Crippen LogP contribution in [0.4, 0.5) is 5.69 Å². The largest absolute Gasteiger partial charge is 0.494 e. The molecule has 0 saturated carbocycles. The maximum atomic E-state index is 12.1. The maximum absolute atomic E-state index is 12.1. The van der Waals surface area contributed by atoms with E-state index in [4.69, 9.17) is 9.84 Å². The Balaban J connectivity index is 1.75. The Kier molecular flexibility index (Phi) is 7.77. The average molecular weight is 398 g/mol. The second-order valence-electron chi connectivity index (χ2n) is 6.86. The summed E-state index contributed by atoms with van der Waals surface area (Å²) in [5, 5.41) is 14.0. The quantitative estimate of drug-likeness (QED) is 0.562. The molecule has 2 rings (SSSR count). The van der Waals surface area contributed by atoms with Gasteiger partial charge in [0.1, 0.15) is 11.8 Å². The molecule has 0 aliphatic heterocycles. The van der Waals surface area contributed by atoms with Crippen molar-refractivity contribution in [1.82, 2.24) is 5.32 Å². The van der Waals surface area contributed by atoms with Crippen molar-refractivity contribution in [3.63, 3.8) is 0 Å². The number of nitrogens with one attached hydrogen (secondary N) is 2. The van der Waals surface area contributed by atoms with Gasteiger partial charge in [0.2, 0.25) is 5.91 Å². The van der Waals surface area contributed by atoms with Crippen molar-refractivity contribution in [3.05, 3.63) is 59.2 Å². The number of amides is 2. The van der Waals surface area contributed by atoms with Crippen LogP contribution in [-0.2, 0) is 9.59 Å². The Morgan fingerprint density at radius 2 is 1.72 bits per heavy atom. The van der Waals surface area contributed by atoms with E-state index >= 15 is 0 Å². The molecule has 0 aliphatic rings. The summed E-state index contributed by atoms with van der Waals surface area (Å²) < 4.78 is 5.67. The number of carbonyl (C=O) groups is 3. The van der Waals surface area contributed by atoms with Crippen molar-refractivity contribution in [2.75, 3.05) is 11.9 Å². The molecule has 2 aromatic rings. The van der Waals surface area contributed by atoms with Crippen molar-refractivity contribution < 1.29 is 24.2 Å². The Bertz CT molecular complexity index is 877. The topological polar surface area (TPSA) is 105 Å². The maximum Gasteiger partial charge on any atom is 0.325 e. The average Bonchev–Trinajstić information content (AvgIpc) is 2.68. The molecule has 1 atom stereocenters. The number of ether oxygens (including phenoxy) is 1. The van der Waals surface area contributed by atoms with Crippen molar-refractivity contribution in [1.29, 1.82) is 0 Å². The molecule has 3 N–H and O–H groups in total. The third-order valence-electron chi connectivity index (χ3n) is 4.44. The second kappa shape index (κ2) is 10.3. The van der Waals surface area contributed by atoms with Gasteiger partial charge in [0.15, 0.2) is 0 Å². The highest BCUT2D eigenvalue weighted by Gasteiger charge is 2.15. The van der Waals surface area contributed by atoms with Gasteiger partial charge in [-0.25, -0.2) is 0 Å². The van der Waals surface area contributed by atoms with E-state index in [-0.39, 0.29) is 5.91 Å². The van der Waals surface area contributed by atoms with Crippen LogP contribution in [-0.4, -0.2) is 35.5 Å². The Morgan fingerprint density at radius 3 is 2.34 bits per heavy atom. The van der Waals surface area contributed by atoms with Crippen molar-refractivity contribution in [3.8, 4) is 5.75 Å². The van der Waals surface area contributed by atoms with Crippen LogP contribution in [0.15, 0.2) is 42.5 Å². The number of benzene rings is 2. The van der Waals surface area contributed by atoms with E-state index in [9.17, 15) is 14.4 Å². The lowest BCUT2D eigenvalue weighted by atomic mass is 10.1. The number of hydrogen-bond donors (Lipinski definition) is 3. The van der Waals surface area contributed by atoms with Gasteiger partial charge in [-0.2, -0.15) is 0 Å². The molecule has 0 spiro atoms. The number of carboxylic acid groups (broad SMARTS) is 1. The van der Waals surface area contributed by atoms with E-state index in [2.05, 4.69) is 10.6 Å². The molecular weight excluding hydrogens is 372 g/mol. The number of hydrogen-bond acceptors (Lipinski definition) is 4. The van der Waals surface area contributed by atoms with Crippen molar-refractivity contribution >= 4 is 23.5 Å². The first-order valence-corrected chi connectivity index (χ1v) is 9.40. The smallest absolute Gasteiger partial charge is 0.325 e. The molecule has 29 heavy (non-hydrogen) atoms. The molecule has 0 fully saturated rings. The molecule has 7 heteroatoms. The fourth-order valence-corrected chi connectivity index (χ4v) is 2.50. The van der Waals surface area contributed by atoms with Crippen LogP contribution < -0.4 is 15.4 Å². The van der Waals surface area contributed by atoms with Gasteiger partial charge in [-0.1, -0.05) is 6.07 Å². The number of aliphatic carboxylic acids is 1. The first-order valence-electron chi connectivity index (χ1n) is 9.40. The minimum absolute atomic E-state index is 0.148. The lowest BCUT2D eigenvalue weighted by molar-refractivity contribution is -0.138. The van der Waals surface area contributed by atoms with Crippen LogP contribution >= 0.6 is 0 Å². The van der Waals surface area contributed by atoms with Gasteiger partial charge < -0.3 is 20.5 Å². The predicted octanol–water partition coefficient (Wildman–Crippen LogP) is 3.30. The van der Waals surface area contributed by atoms with Crippen LogP contribution in [0.5, 0.6) is 5.75 Å². The molecule has 0 saturated heterocycles. The highest BCUT2D eigenvalue weighted by atomic mass is 16.5. The summed E-state index contributed by atoms with van der Waals surface area (Å²) in [5.41, 5.74) is 3.25. The molecule has 7 nitrogen and oxygen atoms in total. The van der Waals surface area contributed by atoms with E-state index < -0.39 is 17.9 Å². The predicted molar refractivity (Wildman–Crippen MR) is 110 cm³/mol. The van der Waals surface area contributed by atoms with Gasteiger partial charge in [0.25, 0.3) is 5.91 Å². The van der Waals surface area contributed by atoms with Crippen LogP contribution in [0.25, 0.3) is 0 Å². The molecule has 1 unspecified atom stereocenters. The Hall–Kier alpha value is -3.35. The zero-order chi connectivity index (χ0) is 21.4. The molecule has 0 bridgehead atoms. The fraction of sp³-hybridized carbons (Fsp3) is 0.318. The van der Waals surface area contributed by atoms with Crippen molar-refractivity contribution in [2.45, 2.75) is 39.7 Å². The van der Waals surface area contributed by atoms with E-state index in [0.29, 0.717) is 30.7 Å². The summed E-state index contributed by atoms with van der Waals surface area (Å²) in [6.45, 7) is 5.89. The summed E-state index contributed by atoms with van der Waals surface area (Å²) in [6.07, 6.45) is 0.884. The molecule has 0 aromatic heterocycles. The summed E-state index contributed by atoms with van der Waals surface area (Å²) in [5.74, 6) is -0.949. The third kappa shape index (κ3) is 6.95. The minimum Gasteiger partial charge on any atom is -0.494 e. The van der Waals surface area contributed by atoms with Crippen LogP contribution in [0.1, 0.15) is 41.3 Å². The first kappa shape index (κ1) is 21.9. The highest BCUT2D eigenvalue weighted by molar-refractivity contribution is 5.97. The summed E-state index contributed by atoms with van der Waals surface area (Å²) in [4.78, 5) is 34.8. The Labute approximate surface area is 170 Å². The summed E-state index contributed by atoms with van der Waals surface area (Å²) in [7, 11) is 0. The first-order chi connectivity index (χ1) is 13.8. The molecule has 154 valence electrons. The lowest BCUT2D eigenvalue weighted by Crippen LogP contribution is -2.38. The molecule has 2 aromatic carbocycles. The van der Waals surface area contributed by atoms with Gasteiger partial charge in [-0.05, 0) is 74.7 Å². The molecule has 0 aliphatic carbocycles. The van der Waals surface area contributed by atoms with Gasteiger partial charge in [-0.15, -0.1) is 0 Å². The number of carboxylic acids is 1. The van der Waals surface area contributed by atoms with E-state index in [0.717, 1.165) is 11.3 Å². The summed E-state index contributed by atoms with van der Waals surface area (Å²) >= 11 is 0. The Morgan fingerprint density at radius 1 is 1.03 bits per heavy atom. The van der Waals surface area contributed by atoms with Crippen LogP contribution in [0, 0.1) is 13.8 Å². The normalized spacial score (nSPS) is 11.4. The zero-order valence-corrected chi connectivity index (χ0v) is 16.8. The van der Waals surface area contributed by atoms with E-state index in [1.807, 2.05) is 32.0 Å². The van der Waals surface area contributed by atoms with E-state index in [1.165, 1.54) is 24.6 Å². The number of rotatable bonds is 9. The van der Waals surface area contributed by atoms with E-state index in [1.54, 1.807) is 12.1 Å². The summed E-state index contributed by atoms with van der Waals surface area (Å²) in [6, 6.07) is 11.2.